The third-order valence-corrected chi connectivity index (χ3v) is 2.86. The predicted octanol–water partition coefficient (Wildman–Crippen LogP) is 0.369. The Hall–Kier alpha value is -1.11. The minimum absolute atomic E-state index is 0.00190. The van der Waals surface area contributed by atoms with Gasteiger partial charge >= 0.3 is 0 Å². The van der Waals surface area contributed by atoms with Crippen molar-refractivity contribution in [3.8, 4) is 0 Å². The Morgan fingerprint density at radius 3 is 3.24 bits per heavy atom. The van der Waals surface area contributed by atoms with Gasteiger partial charge in [0, 0.05) is 20.1 Å². The van der Waals surface area contributed by atoms with Gasteiger partial charge in [-0.3, -0.25) is 0 Å². The summed E-state index contributed by atoms with van der Waals surface area (Å²) >= 11 is 6.08. The van der Waals surface area contributed by atoms with Crippen molar-refractivity contribution in [2.24, 2.45) is 0 Å². The van der Waals surface area contributed by atoms with Crippen LogP contribution in [0, 0.1) is 0 Å². The quantitative estimate of drug-likeness (QED) is 0.816. The standard InChI is InChI=1S/C10H15ClN4O2/c1-12-10-13-4-8(11)9(14-10)15-2-3-17-7(5-15)6-16/h4,7,16H,2-3,5-6H2,1H3,(H,12,13,14). The molecule has 1 unspecified atom stereocenters. The highest BCUT2D eigenvalue weighted by molar-refractivity contribution is 6.32. The van der Waals surface area contributed by atoms with Crippen LogP contribution in [-0.4, -0.2) is 54.5 Å². The fourth-order valence-corrected chi connectivity index (χ4v) is 1.93. The van der Waals surface area contributed by atoms with Crippen molar-refractivity contribution in [3.63, 3.8) is 0 Å². The van der Waals surface area contributed by atoms with Crippen molar-refractivity contribution >= 4 is 23.4 Å². The number of aromatic nitrogens is 2. The lowest BCUT2D eigenvalue weighted by Crippen LogP contribution is -2.44. The Bertz CT molecular complexity index is 391. The van der Waals surface area contributed by atoms with Gasteiger partial charge in [-0.25, -0.2) is 4.98 Å². The van der Waals surface area contributed by atoms with E-state index in [-0.39, 0.29) is 12.7 Å². The van der Waals surface area contributed by atoms with E-state index in [4.69, 9.17) is 21.4 Å². The normalized spacial score (nSPS) is 20.4. The second kappa shape index (κ2) is 5.48. The number of morpholine rings is 1. The highest BCUT2D eigenvalue weighted by Gasteiger charge is 2.22. The Kier molecular flexibility index (Phi) is 3.98. The van der Waals surface area contributed by atoms with Crippen LogP contribution in [0.15, 0.2) is 6.20 Å². The molecule has 0 aliphatic carbocycles. The van der Waals surface area contributed by atoms with Crippen LogP contribution in [0.2, 0.25) is 5.02 Å². The SMILES string of the molecule is CNc1ncc(Cl)c(N2CCOC(CO)C2)n1. The first-order chi connectivity index (χ1) is 8.24. The largest absolute Gasteiger partial charge is 0.394 e. The average molecular weight is 259 g/mol. The van der Waals surface area contributed by atoms with Crippen LogP contribution in [0.1, 0.15) is 0 Å². The highest BCUT2D eigenvalue weighted by Crippen LogP contribution is 2.25. The molecule has 1 fully saturated rings. The number of anilines is 2. The maximum Gasteiger partial charge on any atom is 0.224 e. The molecule has 7 heteroatoms. The Labute approximate surface area is 105 Å². The zero-order valence-corrected chi connectivity index (χ0v) is 10.3. The monoisotopic (exact) mass is 258 g/mol. The van der Waals surface area contributed by atoms with E-state index in [1.165, 1.54) is 0 Å². The van der Waals surface area contributed by atoms with Crippen LogP contribution in [0.3, 0.4) is 0 Å². The third kappa shape index (κ3) is 2.77. The van der Waals surface area contributed by atoms with Crippen molar-refractivity contribution in [1.29, 1.82) is 0 Å². The van der Waals surface area contributed by atoms with Crippen molar-refractivity contribution < 1.29 is 9.84 Å². The van der Waals surface area contributed by atoms with Gasteiger partial charge in [-0.1, -0.05) is 11.6 Å². The Balaban J connectivity index is 2.20. The molecule has 1 aromatic heterocycles. The molecular weight excluding hydrogens is 244 g/mol. The minimum atomic E-state index is -0.187. The van der Waals surface area contributed by atoms with E-state index in [1.54, 1.807) is 13.2 Å². The summed E-state index contributed by atoms with van der Waals surface area (Å²) in [5, 5.41) is 12.5. The molecule has 2 heterocycles. The predicted molar refractivity (Wildman–Crippen MR) is 65.6 cm³/mol. The molecule has 1 aliphatic heterocycles. The topological polar surface area (TPSA) is 70.5 Å². The van der Waals surface area contributed by atoms with Crippen LogP contribution in [0.5, 0.6) is 0 Å². The van der Waals surface area contributed by atoms with Gasteiger partial charge in [0.05, 0.1) is 25.5 Å². The number of hydrogen-bond donors (Lipinski definition) is 2. The fraction of sp³-hybridized carbons (Fsp3) is 0.600. The summed E-state index contributed by atoms with van der Waals surface area (Å²) < 4.78 is 5.38. The molecule has 0 spiro atoms. The van der Waals surface area contributed by atoms with E-state index in [2.05, 4.69) is 15.3 Å². The minimum Gasteiger partial charge on any atom is -0.394 e. The average Bonchev–Trinajstić information content (AvgIpc) is 2.39. The second-order valence-corrected chi connectivity index (χ2v) is 4.14. The van der Waals surface area contributed by atoms with Gasteiger partial charge in [-0.15, -0.1) is 0 Å². The lowest BCUT2D eigenvalue weighted by molar-refractivity contribution is 0.00337. The van der Waals surface area contributed by atoms with E-state index in [1.807, 2.05) is 4.90 Å². The summed E-state index contributed by atoms with van der Waals surface area (Å²) in [6, 6.07) is 0. The van der Waals surface area contributed by atoms with Crippen molar-refractivity contribution in [2.45, 2.75) is 6.10 Å². The van der Waals surface area contributed by atoms with Gasteiger partial charge in [0.15, 0.2) is 5.82 Å². The van der Waals surface area contributed by atoms with Gasteiger partial charge in [-0.05, 0) is 0 Å². The number of halogens is 1. The molecule has 1 aliphatic rings. The van der Waals surface area contributed by atoms with E-state index < -0.39 is 0 Å². The lowest BCUT2D eigenvalue weighted by atomic mass is 10.3. The third-order valence-electron chi connectivity index (χ3n) is 2.59. The number of aliphatic hydroxyl groups excluding tert-OH is 1. The van der Waals surface area contributed by atoms with Crippen molar-refractivity contribution in [2.75, 3.05) is 43.6 Å². The van der Waals surface area contributed by atoms with Crippen LogP contribution in [0.4, 0.5) is 11.8 Å². The number of nitrogens with zero attached hydrogens (tertiary/aromatic N) is 3. The van der Waals surface area contributed by atoms with Crippen LogP contribution in [0.25, 0.3) is 0 Å². The summed E-state index contributed by atoms with van der Waals surface area (Å²) in [6.45, 7) is 1.84. The molecule has 0 bridgehead atoms. The first kappa shape index (κ1) is 12.3. The number of nitrogens with one attached hydrogen (secondary N) is 1. The van der Waals surface area contributed by atoms with Crippen molar-refractivity contribution in [3.05, 3.63) is 11.2 Å². The van der Waals surface area contributed by atoms with Crippen LogP contribution in [-0.2, 0) is 4.74 Å². The molecule has 0 amide bonds. The molecule has 94 valence electrons. The van der Waals surface area contributed by atoms with Crippen LogP contribution < -0.4 is 10.2 Å². The maximum absolute atomic E-state index is 9.10. The summed E-state index contributed by atoms with van der Waals surface area (Å²) in [5.74, 6) is 1.20. The van der Waals surface area contributed by atoms with Gasteiger partial charge in [0.1, 0.15) is 5.02 Å². The maximum atomic E-state index is 9.10. The zero-order valence-electron chi connectivity index (χ0n) is 9.56. The van der Waals surface area contributed by atoms with Gasteiger partial charge < -0.3 is 20.1 Å². The Morgan fingerprint density at radius 2 is 2.53 bits per heavy atom. The highest BCUT2D eigenvalue weighted by atomic mass is 35.5. The summed E-state index contributed by atoms with van der Waals surface area (Å²) in [5.41, 5.74) is 0. The molecule has 17 heavy (non-hydrogen) atoms. The van der Waals surface area contributed by atoms with Gasteiger partial charge in [-0.2, -0.15) is 4.98 Å². The van der Waals surface area contributed by atoms with E-state index in [9.17, 15) is 0 Å². The fourth-order valence-electron chi connectivity index (χ4n) is 1.72. The number of aliphatic hydroxyl groups is 1. The molecular formula is C10H15ClN4O2. The first-order valence-electron chi connectivity index (χ1n) is 5.42. The summed E-state index contributed by atoms with van der Waals surface area (Å²) in [7, 11) is 1.75. The molecule has 2 N–H and O–H groups in total. The lowest BCUT2D eigenvalue weighted by Gasteiger charge is -2.33. The second-order valence-electron chi connectivity index (χ2n) is 3.74. The number of ether oxygens (including phenoxy) is 1. The van der Waals surface area contributed by atoms with E-state index in [0.717, 1.165) is 0 Å². The van der Waals surface area contributed by atoms with Crippen LogP contribution >= 0.6 is 11.6 Å². The molecule has 1 aromatic rings. The zero-order chi connectivity index (χ0) is 12.3. The molecule has 6 nitrogen and oxygen atoms in total. The Morgan fingerprint density at radius 1 is 1.71 bits per heavy atom. The molecule has 0 radical (unpaired) electrons. The molecule has 1 atom stereocenters. The van der Waals surface area contributed by atoms with Gasteiger partial charge in [0.25, 0.3) is 0 Å². The molecule has 2 rings (SSSR count). The molecule has 1 saturated heterocycles. The van der Waals surface area contributed by atoms with Gasteiger partial charge in [0.2, 0.25) is 5.95 Å². The van der Waals surface area contributed by atoms with E-state index >= 15 is 0 Å². The smallest absolute Gasteiger partial charge is 0.224 e. The first-order valence-corrected chi connectivity index (χ1v) is 5.80. The molecule has 0 saturated carbocycles. The number of hydrogen-bond acceptors (Lipinski definition) is 6. The summed E-state index contributed by atoms with van der Waals surface area (Å²) in [6.07, 6.45) is 1.38. The van der Waals surface area contributed by atoms with E-state index in [0.29, 0.717) is 36.5 Å². The van der Waals surface area contributed by atoms with Crippen molar-refractivity contribution in [1.82, 2.24) is 9.97 Å². The molecule has 0 aromatic carbocycles. The number of rotatable bonds is 3. The summed E-state index contributed by atoms with van der Waals surface area (Å²) in [4.78, 5) is 10.3.